The Labute approximate surface area is 131 Å². The van der Waals surface area contributed by atoms with Crippen LogP contribution in [0.3, 0.4) is 0 Å². The van der Waals surface area contributed by atoms with E-state index < -0.39 is 0 Å². The predicted molar refractivity (Wildman–Crippen MR) is 89.7 cm³/mol. The highest BCUT2D eigenvalue weighted by atomic mass is 127. The molecule has 0 radical (unpaired) electrons. The first-order valence-corrected chi connectivity index (χ1v) is 7.39. The van der Waals surface area contributed by atoms with Crippen LogP contribution >= 0.6 is 22.6 Å². The van der Waals surface area contributed by atoms with Crippen LogP contribution in [0.4, 0.5) is 17.1 Å². The molecule has 0 atom stereocenters. The Balaban J connectivity index is 2.46. The van der Waals surface area contributed by atoms with Crippen molar-refractivity contribution >= 4 is 39.7 Å². The minimum absolute atomic E-state index is 0.148. The number of anilines is 2. The SMILES string of the molecule is CCN(c1ccc([N+](=O)[O-])c(I)c1)c1ccccc1C. The zero-order valence-corrected chi connectivity index (χ0v) is 13.5. The van der Waals surface area contributed by atoms with Gasteiger partial charge in [0.1, 0.15) is 0 Å². The summed E-state index contributed by atoms with van der Waals surface area (Å²) >= 11 is 2.01. The normalized spacial score (nSPS) is 10.3. The third-order valence-electron chi connectivity index (χ3n) is 3.16. The lowest BCUT2D eigenvalue weighted by atomic mass is 10.1. The molecule has 0 aliphatic carbocycles. The van der Waals surface area contributed by atoms with Crippen molar-refractivity contribution in [1.82, 2.24) is 0 Å². The van der Waals surface area contributed by atoms with Crippen molar-refractivity contribution in [3.8, 4) is 0 Å². The molecule has 0 heterocycles. The Morgan fingerprint density at radius 1 is 1.25 bits per heavy atom. The molecular formula is C15H15IN2O2. The van der Waals surface area contributed by atoms with Crippen molar-refractivity contribution in [2.45, 2.75) is 13.8 Å². The second-order valence-electron chi connectivity index (χ2n) is 4.42. The van der Waals surface area contributed by atoms with Crippen LogP contribution in [0.5, 0.6) is 0 Å². The molecule has 0 bridgehead atoms. The van der Waals surface area contributed by atoms with E-state index in [1.54, 1.807) is 12.1 Å². The highest BCUT2D eigenvalue weighted by Gasteiger charge is 2.15. The molecule has 0 aliphatic heterocycles. The smallest absolute Gasteiger partial charge is 0.282 e. The molecule has 104 valence electrons. The first-order valence-electron chi connectivity index (χ1n) is 6.31. The number of para-hydroxylation sites is 1. The number of nitro benzene ring substituents is 1. The van der Waals surface area contributed by atoms with Gasteiger partial charge in [-0.15, -0.1) is 0 Å². The van der Waals surface area contributed by atoms with Gasteiger partial charge in [0.2, 0.25) is 0 Å². The van der Waals surface area contributed by atoms with E-state index in [2.05, 4.69) is 30.9 Å². The average Bonchev–Trinajstić information content (AvgIpc) is 2.41. The highest BCUT2D eigenvalue weighted by molar-refractivity contribution is 14.1. The quantitative estimate of drug-likeness (QED) is 0.439. The lowest BCUT2D eigenvalue weighted by Crippen LogP contribution is -2.17. The van der Waals surface area contributed by atoms with Crippen LogP contribution in [0.1, 0.15) is 12.5 Å². The van der Waals surface area contributed by atoms with Gasteiger partial charge < -0.3 is 4.90 Å². The highest BCUT2D eigenvalue weighted by Crippen LogP contribution is 2.32. The first kappa shape index (κ1) is 14.8. The van der Waals surface area contributed by atoms with Crippen LogP contribution in [0.25, 0.3) is 0 Å². The topological polar surface area (TPSA) is 46.4 Å². The minimum Gasteiger partial charge on any atom is -0.342 e. The van der Waals surface area contributed by atoms with Crippen molar-refractivity contribution in [3.05, 3.63) is 61.7 Å². The fraction of sp³-hybridized carbons (Fsp3) is 0.200. The number of hydrogen-bond acceptors (Lipinski definition) is 3. The van der Waals surface area contributed by atoms with Gasteiger partial charge in [-0.2, -0.15) is 0 Å². The maximum atomic E-state index is 10.9. The summed E-state index contributed by atoms with van der Waals surface area (Å²) in [5.74, 6) is 0. The summed E-state index contributed by atoms with van der Waals surface area (Å²) in [6.45, 7) is 4.94. The monoisotopic (exact) mass is 382 g/mol. The summed E-state index contributed by atoms with van der Waals surface area (Å²) in [6.07, 6.45) is 0. The van der Waals surface area contributed by atoms with Crippen LogP contribution in [-0.4, -0.2) is 11.5 Å². The van der Waals surface area contributed by atoms with E-state index in [9.17, 15) is 10.1 Å². The van der Waals surface area contributed by atoms with Gasteiger partial charge in [0.15, 0.2) is 0 Å². The van der Waals surface area contributed by atoms with Crippen molar-refractivity contribution in [2.24, 2.45) is 0 Å². The van der Waals surface area contributed by atoms with Gasteiger partial charge in [-0.25, -0.2) is 0 Å². The van der Waals surface area contributed by atoms with Gasteiger partial charge in [-0.05, 0) is 60.2 Å². The maximum absolute atomic E-state index is 10.9. The van der Waals surface area contributed by atoms with E-state index in [0.717, 1.165) is 17.9 Å². The average molecular weight is 382 g/mol. The number of nitro groups is 1. The number of benzene rings is 2. The Morgan fingerprint density at radius 3 is 2.50 bits per heavy atom. The minimum atomic E-state index is -0.352. The van der Waals surface area contributed by atoms with Crippen LogP contribution < -0.4 is 4.90 Å². The fourth-order valence-electron chi connectivity index (χ4n) is 2.17. The number of hydrogen-bond donors (Lipinski definition) is 0. The maximum Gasteiger partial charge on any atom is 0.282 e. The van der Waals surface area contributed by atoms with Crippen molar-refractivity contribution in [1.29, 1.82) is 0 Å². The summed E-state index contributed by atoms with van der Waals surface area (Å²) in [7, 11) is 0. The van der Waals surface area contributed by atoms with E-state index in [0.29, 0.717) is 3.57 Å². The zero-order chi connectivity index (χ0) is 14.7. The first-order chi connectivity index (χ1) is 9.54. The van der Waals surface area contributed by atoms with Gasteiger partial charge in [0.25, 0.3) is 5.69 Å². The van der Waals surface area contributed by atoms with Gasteiger partial charge in [-0.1, -0.05) is 18.2 Å². The Bertz CT molecular complexity index is 644. The van der Waals surface area contributed by atoms with Gasteiger partial charge >= 0.3 is 0 Å². The van der Waals surface area contributed by atoms with Crippen molar-refractivity contribution < 1.29 is 4.92 Å². The molecule has 0 amide bonds. The number of rotatable bonds is 4. The Morgan fingerprint density at radius 2 is 1.95 bits per heavy atom. The van der Waals surface area contributed by atoms with Crippen LogP contribution in [0.15, 0.2) is 42.5 Å². The summed E-state index contributed by atoms with van der Waals surface area (Å²) in [5.41, 5.74) is 3.43. The molecule has 2 rings (SSSR count). The summed E-state index contributed by atoms with van der Waals surface area (Å²) in [4.78, 5) is 12.7. The molecule has 2 aromatic carbocycles. The molecule has 0 fully saturated rings. The van der Waals surface area contributed by atoms with Crippen molar-refractivity contribution in [2.75, 3.05) is 11.4 Å². The largest absolute Gasteiger partial charge is 0.342 e. The molecule has 2 aromatic rings. The molecule has 0 spiro atoms. The van der Waals surface area contributed by atoms with Gasteiger partial charge in [-0.3, -0.25) is 10.1 Å². The molecule has 0 N–H and O–H groups in total. The molecule has 0 aromatic heterocycles. The lowest BCUT2D eigenvalue weighted by Gasteiger charge is -2.25. The number of aryl methyl sites for hydroxylation is 1. The second kappa shape index (κ2) is 6.21. The number of halogens is 1. The van der Waals surface area contributed by atoms with E-state index in [-0.39, 0.29) is 10.6 Å². The van der Waals surface area contributed by atoms with E-state index in [4.69, 9.17) is 0 Å². The third-order valence-corrected chi connectivity index (χ3v) is 4.03. The van der Waals surface area contributed by atoms with E-state index >= 15 is 0 Å². The number of nitrogens with zero attached hydrogens (tertiary/aromatic N) is 2. The van der Waals surface area contributed by atoms with Crippen LogP contribution in [-0.2, 0) is 0 Å². The predicted octanol–water partition coefficient (Wildman–Crippen LogP) is 4.67. The molecular weight excluding hydrogens is 367 g/mol. The second-order valence-corrected chi connectivity index (χ2v) is 5.59. The van der Waals surface area contributed by atoms with E-state index in [1.165, 1.54) is 5.56 Å². The fourth-order valence-corrected chi connectivity index (χ4v) is 2.87. The van der Waals surface area contributed by atoms with Gasteiger partial charge in [0, 0.05) is 24.0 Å². The molecule has 0 saturated carbocycles. The molecule has 0 aliphatic rings. The summed E-state index contributed by atoms with van der Waals surface area (Å²) < 4.78 is 0.650. The molecule has 4 nitrogen and oxygen atoms in total. The van der Waals surface area contributed by atoms with Crippen LogP contribution in [0, 0.1) is 20.6 Å². The Hall–Kier alpha value is -1.63. The Kier molecular flexibility index (Phi) is 4.59. The van der Waals surface area contributed by atoms with Crippen molar-refractivity contribution in [3.63, 3.8) is 0 Å². The molecule has 0 unspecified atom stereocenters. The summed E-state index contributed by atoms with van der Waals surface area (Å²) in [5, 5.41) is 10.9. The molecule has 0 saturated heterocycles. The van der Waals surface area contributed by atoms with Gasteiger partial charge in [0.05, 0.1) is 8.49 Å². The molecule has 20 heavy (non-hydrogen) atoms. The third kappa shape index (κ3) is 2.92. The molecule has 5 heteroatoms. The lowest BCUT2D eigenvalue weighted by molar-refractivity contribution is -0.385. The summed E-state index contributed by atoms with van der Waals surface area (Å²) in [6, 6.07) is 13.4. The zero-order valence-electron chi connectivity index (χ0n) is 11.3. The van der Waals surface area contributed by atoms with E-state index in [1.807, 2.05) is 40.8 Å². The standard InChI is InChI=1S/C15H15IN2O2/c1-3-17(14-7-5-4-6-11(14)2)12-8-9-15(18(19)20)13(16)10-12/h4-10H,3H2,1-2H3. The van der Waals surface area contributed by atoms with Crippen LogP contribution in [0.2, 0.25) is 0 Å².